The van der Waals surface area contributed by atoms with E-state index in [-0.39, 0.29) is 0 Å². The van der Waals surface area contributed by atoms with Gasteiger partial charge in [0.1, 0.15) is 0 Å². The molecule has 1 nitrogen and oxygen atoms in total. The molecule has 0 fully saturated rings. The van der Waals surface area contributed by atoms with E-state index in [9.17, 15) is 0 Å². The first-order chi connectivity index (χ1) is 7.16. The van der Waals surface area contributed by atoms with E-state index in [2.05, 4.69) is 32.1 Å². The molecule has 1 aromatic rings. The van der Waals surface area contributed by atoms with Gasteiger partial charge in [0.25, 0.3) is 0 Å². The molecular formula is C14H17N. The van der Waals surface area contributed by atoms with E-state index >= 15 is 0 Å². The molecule has 0 aromatic heterocycles. The van der Waals surface area contributed by atoms with Crippen LogP contribution in [0.15, 0.2) is 42.0 Å². The van der Waals surface area contributed by atoms with Gasteiger partial charge in [0, 0.05) is 5.69 Å². The summed E-state index contributed by atoms with van der Waals surface area (Å²) in [7, 11) is 0. The minimum atomic E-state index is 0.662. The van der Waals surface area contributed by atoms with Crippen molar-refractivity contribution in [3.63, 3.8) is 0 Å². The monoisotopic (exact) mass is 199 g/mol. The number of anilines is 1. The Morgan fingerprint density at radius 1 is 1.33 bits per heavy atom. The Labute approximate surface area is 91.3 Å². The van der Waals surface area contributed by atoms with Crippen molar-refractivity contribution in [2.24, 2.45) is 5.92 Å². The van der Waals surface area contributed by atoms with E-state index < -0.39 is 0 Å². The number of allylic oxidation sites excluding steroid dienone is 4. The molecule has 0 aliphatic heterocycles. The first kappa shape index (κ1) is 10.0. The van der Waals surface area contributed by atoms with Crippen molar-refractivity contribution in [3.8, 4) is 0 Å². The fourth-order valence-electron chi connectivity index (χ4n) is 2.10. The molecule has 1 aliphatic rings. The number of nitrogens with two attached hydrogens (primary N) is 1. The van der Waals surface area contributed by atoms with Gasteiger partial charge >= 0.3 is 0 Å². The number of hydrogen-bond acceptors (Lipinski definition) is 1. The molecule has 0 radical (unpaired) electrons. The summed E-state index contributed by atoms with van der Waals surface area (Å²) in [6, 6.07) is 8.10. The zero-order valence-corrected chi connectivity index (χ0v) is 9.33. The molecule has 78 valence electrons. The zero-order valence-electron chi connectivity index (χ0n) is 9.33. The van der Waals surface area contributed by atoms with Gasteiger partial charge in [-0.25, -0.2) is 0 Å². The second-order valence-electron chi connectivity index (χ2n) is 4.31. The minimum Gasteiger partial charge on any atom is -0.399 e. The summed E-state index contributed by atoms with van der Waals surface area (Å²) < 4.78 is 0. The van der Waals surface area contributed by atoms with Crippen LogP contribution < -0.4 is 5.73 Å². The fraction of sp³-hybridized carbons (Fsp3) is 0.286. The minimum absolute atomic E-state index is 0.662. The molecule has 0 saturated heterocycles. The highest BCUT2D eigenvalue weighted by atomic mass is 14.5. The van der Waals surface area contributed by atoms with Crippen molar-refractivity contribution in [1.82, 2.24) is 0 Å². The van der Waals surface area contributed by atoms with Crippen molar-refractivity contribution < 1.29 is 0 Å². The molecule has 2 N–H and O–H groups in total. The summed E-state index contributed by atoms with van der Waals surface area (Å²) in [4.78, 5) is 0. The summed E-state index contributed by atoms with van der Waals surface area (Å²) in [5, 5.41) is 0. The van der Waals surface area contributed by atoms with Crippen molar-refractivity contribution in [2.75, 3.05) is 5.73 Å². The van der Waals surface area contributed by atoms with Crippen LogP contribution in [0.3, 0.4) is 0 Å². The Morgan fingerprint density at radius 2 is 2.13 bits per heavy atom. The van der Waals surface area contributed by atoms with Crippen LogP contribution in [0, 0.1) is 5.92 Å². The Bertz CT molecular complexity index is 427. The molecule has 2 rings (SSSR count). The fourth-order valence-corrected chi connectivity index (χ4v) is 2.10. The topological polar surface area (TPSA) is 26.0 Å². The Kier molecular flexibility index (Phi) is 2.63. The van der Waals surface area contributed by atoms with Gasteiger partial charge in [-0.15, -0.1) is 0 Å². The SMILES string of the molecule is CC1=CC(C)CC=C1c1cccc(N)c1. The van der Waals surface area contributed by atoms with Crippen LogP contribution in [0.2, 0.25) is 0 Å². The predicted molar refractivity (Wildman–Crippen MR) is 66.4 cm³/mol. The smallest absolute Gasteiger partial charge is 0.0320 e. The van der Waals surface area contributed by atoms with Crippen molar-refractivity contribution in [1.29, 1.82) is 0 Å². The van der Waals surface area contributed by atoms with Gasteiger partial charge in [-0.3, -0.25) is 0 Å². The zero-order chi connectivity index (χ0) is 10.8. The lowest BCUT2D eigenvalue weighted by atomic mass is 9.88. The Morgan fingerprint density at radius 3 is 2.80 bits per heavy atom. The highest BCUT2D eigenvalue weighted by Gasteiger charge is 2.10. The lowest BCUT2D eigenvalue weighted by molar-refractivity contribution is 0.732. The normalized spacial score (nSPS) is 20.8. The third-order valence-electron chi connectivity index (χ3n) is 2.85. The second kappa shape index (κ2) is 3.93. The van der Waals surface area contributed by atoms with E-state index in [1.165, 1.54) is 16.7 Å². The molecular weight excluding hydrogens is 182 g/mol. The van der Waals surface area contributed by atoms with E-state index in [4.69, 9.17) is 5.73 Å². The van der Waals surface area contributed by atoms with E-state index in [0.29, 0.717) is 5.92 Å². The molecule has 0 heterocycles. The lowest BCUT2D eigenvalue weighted by Crippen LogP contribution is -1.99. The third-order valence-corrected chi connectivity index (χ3v) is 2.85. The molecule has 1 atom stereocenters. The van der Waals surface area contributed by atoms with Gasteiger partial charge in [-0.2, -0.15) is 0 Å². The van der Waals surface area contributed by atoms with E-state index in [1.54, 1.807) is 0 Å². The highest BCUT2D eigenvalue weighted by molar-refractivity contribution is 5.80. The Balaban J connectivity index is 2.37. The molecule has 15 heavy (non-hydrogen) atoms. The highest BCUT2D eigenvalue weighted by Crippen LogP contribution is 2.30. The number of hydrogen-bond donors (Lipinski definition) is 1. The van der Waals surface area contributed by atoms with Gasteiger partial charge < -0.3 is 5.73 Å². The Hall–Kier alpha value is -1.50. The number of nitrogen functional groups attached to an aromatic ring is 1. The van der Waals surface area contributed by atoms with Crippen LogP contribution in [0.4, 0.5) is 5.69 Å². The van der Waals surface area contributed by atoms with Crippen LogP contribution in [0.5, 0.6) is 0 Å². The molecule has 1 heteroatoms. The third kappa shape index (κ3) is 2.12. The van der Waals surface area contributed by atoms with Crippen molar-refractivity contribution in [2.45, 2.75) is 20.3 Å². The molecule has 1 aromatic carbocycles. The summed E-state index contributed by atoms with van der Waals surface area (Å²) in [5.74, 6) is 0.662. The molecule has 1 aliphatic carbocycles. The standard InChI is InChI=1S/C14H17N/c1-10-6-7-14(11(2)8-10)12-4-3-5-13(15)9-12/h3-5,7-10H,6,15H2,1-2H3. The van der Waals surface area contributed by atoms with Gasteiger partial charge in [0.2, 0.25) is 0 Å². The lowest BCUT2D eigenvalue weighted by Gasteiger charge is -2.17. The van der Waals surface area contributed by atoms with Crippen LogP contribution >= 0.6 is 0 Å². The average Bonchev–Trinajstić information content (AvgIpc) is 2.17. The van der Waals surface area contributed by atoms with Crippen molar-refractivity contribution >= 4 is 11.3 Å². The van der Waals surface area contributed by atoms with Gasteiger partial charge in [0.15, 0.2) is 0 Å². The summed E-state index contributed by atoms with van der Waals surface area (Å²) in [5.41, 5.74) is 10.6. The summed E-state index contributed by atoms with van der Waals surface area (Å²) >= 11 is 0. The molecule has 0 saturated carbocycles. The number of rotatable bonds is 1. The van der Waals surface area contributed by atoms with Crippen LogP contribution in [-0.2, 0) is 0 Å². The van der Waals surface area contributed by atoms with Crippen molar-refractivity contribution in [3.05, 3.63) is 47.6 Å². The maximum absolute atomic E-state index is 5.79. The summed E-state index contributed by atoms with van der Waals surface area (Å²) in [6.07, 6.45) is 5.77. The van der Waals surface area contributed by atoms with Gasteiger partial charge in [-0.05, 0) is 48.1 Å². The van der Waals surface area contributed by atoms with E-state index in [0.717, 1.165) is 12.1 Å². The first-order valence-corrected chi connectivity index (χ1v) is 5.41. The van der Waals surface area contributed by atoms with Gasteiger partial charge in [0.05, 0.1) is 0 Å². The average molecular weight is 199 g/mol. The second-order valence-corrected chi connectivity index (χ2v) is 4.31. The maximum Gasteiger partial charge on any atom is 0.0320 e. The van der Waals surface area contributed by atoms with Gasteiger partial charge in [-0.1, -0.05) is 31.2 Å². The maximum atomic E-state index is 5.79. The number of benzene rings is 1. The predicted octanol–water partition coefficient (Wildman–Crippen LogP) is 3.64. The summed E-state index contributed by atoms with van der Waals surface area (Å²) in [6.45, 7) is 4.42. The molecule has 0 amide bonds. The largest absolute Gasteiger partial charge is 0.399 e. The van der Waals surface area contributed by atoms with Crippen LogP contribution in [-0.4, -0.2) is 0 Å². The molecule has 0 bridgehead atoms. The van der Waals surface area contributed by atoms with Crippen LogP contribution in [0.1, 0.15) is 25.8 Å². The molecule has 0 spiro atoms. The molecule has 1 unspecified atom stereocenters. The first-order valence-electron chi connectivity index (χ1n) is 5.41. The quantitative estimate of drug-likeness (QED) is 0.686. The van der Waals surface area contributed by atoms with Crippen LogP contribution in [0.25, 0.3) is 5.57 Å². The van der Waals surface area contributed by atoms with E-state index in [1.807, 2.05) is 18.2 Å².